The van der Waals surface area contributed by atoms with Gasteiger partial charge in [0.15, 0.2) is 0 Å². The lowest BCUT2D eigenvalue weighted by Crippen LogP contribution is -2.12. The summed E-state index contributed by atoms with van der Waals surface area (Å²) in [4.78, 5) is 17.8. The molecule has 0 aromatic heterocycles. The molecule has 0 unspecified atom stereocenters. The standard InChI is InChI=1S/C30H29NO4S/c1-4-21-10-14-24(15-11-21)31-29-27(30(33)34-5-2)28(32)26(36-29)18-22-12-16-25(17-13-22)35-19-23-8-6-20(3)7-9-23/h6-18,32H,4-5,19H2,1-3H3. The monoisotopic (exact) mass is 499 g/mol. The van der Waals surface area contributed by atoms with Gasteiger partial charge in [0.25, 0.3) is 0 Å². The summed E-state index contributed by atoms with van der Waals surface area (Å²) in [5.41, 5.74) is 5.18. The summed E-state index contributed by atoms with van der Waals surface area (Å²) in [5.74, 6) is 0.0401. The molecule has 5 nitrogen and oxygen atoms in total. The molecule has 0 bridgehead atoms. The average Bonchev–Trinajstić information content (AvgIpc) is 3.19. The molecule has 3 aromatic carbocycles. The van der Waals surface area contributed by atoms with E-state index in [1.54, 1.807) is 6.92 Å². The molecule has 0 saturated heterocycles. The summed E-state index contributed by atoms with van der Waals surface area (Å²) < 4.78 is 11.1. The lowest BCUT2D eigenvalue weighted by atomic mass is 10.1. The maximum absolute atomic E-state index is 12.6. The fraction of sp³-hybridized carbons (Fsp3) is 0.200. The molecule has 1 aliphatic heterocycles. The van der Waals surface area contributed by atoms with Crippen LogP contribution >= 0.6 is 11.8 Å². The number of ether oxygens (including phenoxy) is 2. The maximum Gasteiger partial charge on any atom is 0.344 e. The van der Waals surface area contributed by atoms with E-state index in [1.165, 1.54) is 22.9 Å². The fourth-order valence-electron chi connectivity index (χ4n) is 3.58. The van der Waals surface area contributed by atoms with E-state index >= 15 is 0 Å². The van der Waals surface area contributed by atoms with Gasteiger partial charge in [-0.2, -0.15) is 0 Å². The number of nitrogens with zero attached hydrogens (tertiary/aromatic N) is 1. The Morgan fingerprint density at radius 3 is 2.25 bits per heavy atom. The topological polar surface area (TPSA) is 68.1 Å². The highest BCUT2D eigenvalue weighted by molar-refractivity contribution is 8.18. The summed E-state index contributed by atoms with van der Waals surface area (Å²) in [6, 6.07) is 23.7. The van der Waals surface area contributed by atoms with Crippen LogP contribution in [0.2, 0.25) is 0 Å². The van der Waals surface area contributed by atoms with E-state index in [0.29, 0.717) is 22.2 Å². The molecule has 0 saturated carbocycles. The second kappa shape index (κ2) is 11.8. The van der Waals surface area contributed by atoms with Crippen LogP contribution in [0.5, 0.6) is 5.75 Å². The Kier molecular flexibility index (Phi) is 8.28. The van der Waals surface area contributed by atoms with E-state index in [2.05, 4.69) is 43.1 Å². The average molecular weight is 500 g/mol. The van der Waals surface area contributed by atoms with Gasteiger partial charge in [0.05, 0.1) is 17.2 Å². The zero-order valence-corrected chi connectivity index (χ0v) is 21.5. The van der Waals surface area contributed by atoms with Gasteiger partial charge in [-0.15, -0.1) is 0 Å². The molecular weight excluding hydrogens is 470 g/mol. The van der Waals surface area contributed by atoms with Crippen LogP contribution in [-0.4, -0.2) is 22.7 Å². The SMILES string of the molecule is CCOC(=O)C1=C(O)C(=Cc2ccc(OCc3ccc(C)cc3)cc2)SC1=Nc1ccc(CC)cc1. The van der Waals surface area contributed by atoms with Gasteiger partial charge < -0.3 is 14.6 Å². The number of thioether (sulfide) groups is 1. The summed E-state index contributed by atoms with van der Waals surface area (Å²) in [6.45, 7) is 6.58. The van der Waals surface area contributed by atoms with Crippen molar-refractivity contribution in [2.75, 3.05) is 6.61 Å². The molecule has 1 N–H and O–H groups in total. The molecule has 0 amide bonds. The van der Waals surface area contributed by atoms with Crippen LogP contribution in [0.3, 0.4) is 0 Å². The minimum atomic E-state index is -0.588. The summed E-state index contributed by atoms with van der Waals surface area (Å²) in [7, 11) is 0. The van der Waals surface area contributed by atoms with Gasteiger partial charge in [-0.25, -0.2) is 9.79 Å². The van der Waals surface area contributed by atoms with Gasteiger partial charge in [0.1, 0.15) is 28.7 Å². The number of benzene rings is 3. The van der Waals surface area contributed by atoms with Crippen molar-refractivity contribution in [1.82, 2.24) is 0 Å². The minimum Gasteiger partial charge on any atom is -0.506 e. The molecule has 0 aliphatic carbocycles. The van der Waals surface area contributed by atoms with Crippen LogP contribution < -0.4 is 4.74 Å². The Morgan fingerprint density at radius 1 is 0.944 bits per heavy atom. The largest absolute Gasteiger partial charge is 0.506 e. The van der Waals surface area contributed by atoms with E-state index in [9.17, 15) is 9.90 Å². The molecule has 0 spiro atoms. The number of aryl methyl sites for hydroxylation is 2. The molecule has 1 aliphatic rings. The number of carbonyl (C=O) groups is 1. The predicted molar refractivity (Wildman–Crippen MR) is 147 cm³/mol. The maximum atomic E-state index is 12.6. The number of rotatable bonds is 8. The zero-order valence-electron chi connectivity index (χ0n) is 20.7. The molecular formula is C30H29NO4S. The zero-order chi connectivity index (χ0) is 25.5. The Morgan fingerprint density at radius 2 is 1.61 bits per heavy atom. The quantitative estimate of drug-likeness (QED) is 0.329. The minimum absolute atomic E-state index is 0.0886. The molecule has 36 heavy (non-hydrogen) atoms. The lowest BCUT2D eigenvalue weighted by molar-refractivity contribution is -0.138. The van der Waals surface area contributed by atoms with Crippen LogP contribution in [0.15, 0.2) is 94.0 Å². The molecule has 0 radical (unpaired) electrons. The second-order valence-electron chi connectivity index (χ2n) is 8.33. The molecule has 0 atom stereocenters. The number of hydrogen-bond acceptors (Lipinski definition) is 6. The third-order valence-electron chi connectivity index (χ3n) is 5.65. The van der Waals surface area contributed by atoms with Crippen molar-refractivity contribution in [1.29, 1.82) is 0 Å². The third-order valence-corrected chi connectivity index (χ3v) is 6.67. The van der Waals surface area contributed by atoms with E-state index in [0.717, 1.165) is 23.3 Å². The van der Waals surface area contributed by atoms with Crippen molar-refractivity contribution in [2.45, 2.75) is 33.8 Å². The van der Waals surface area contributed by atoms with E-state index in [1.807, 2.05) is 54.6 Å². The van der Waals surface area contributed by atoms with Gasteiger partial charge in [-0.3, -0.25) is 0 Å². The predicted octanol–water partition coefficient (Wildman–Crippen LogP) is 7.33. The van der Waals surface area contributed by atoms with Crippen molar-refractivity contribution in [3.8, 4) is 5.75 Å². The Hall–Kier alpha value is -3.77. The highest BCUT2D eigenvalue weighted by atomic mass is 32.2. The van der Waals surface area contributed by atoms with Crippen LogP contribution in [-0.2, 0) is 22.6 Å². The Bertz CT molecular complexity index is 1300. The van der Waals surface area contributed by atoms with Crippen LogP contribution in [0.1, 0.15) is 36.1 Å². The van der Waals surface area contributed by atoms with Gasteiger partial charge in [-0.1, -0.05) is 72.8 Å². The Labute approximate surface area is 216 Å². The van der Waals surface area contributed by atoms with Gasteiger partial charge >= 0.3 is 5.97 Å². The summed E-state index contributed by atoms with van der Waals surface area (Å²) in [6.07, 6.45) is 2.76. The lowest BCUT2D eigenvalue weighted by Gasteiger charge is -2.07. The normalized spacial score (nSPS) is 15.5. The first-order valence-corrected chi connectivity index (χ1v) is 12.7. The highest BCUT2D eigenvalue weighted by Crippen LogP contribution is 2.40. The molecule has 3 aromatic rings. The highest BCUT2D eigenvalue weighted by Gasteiger charge is 2.33. The van der Waals surface area contributed by atoms with Crippen LogP contribution in [0.25, 0.3) is 6.08 Å². The van der Waals surface area contributed by atoms with Crippen molar-refractivity contribution in [3.63, 3.8) is 0 Å². The molecule has 0 fully saturated rings. The van der Waals surface area contributed by atoms with Crippen molar-refractivity contribution < 1.29 is 19.4 Å². The number of hydrogen-bond donors (Lipinski definition) is 1. The van der Waals surface area contributed by atoms with Gasteiger partial charge in [0.2, 0.25) is 0 Å². The molecule has 1 heterocycles. The van der Waals surface area contributed by atoms with E-state index in [-0.39, 0.29) is 17.9 Å². The second-order valence-corrected chi connectivity index (χ2v) is 9.37. The summed E-state index contributed by atoms with van der Waals surface area (Å²) >= 11 is 1.25. The molecule has 4 rings (SSSR count). The van der Waals surface area contributed by atoms with E-state index in [4.69, 9.17) is 9.47 Å². The van der Waals surface area contributed by atoms with Crippen LogP contribution in [0, 0.1) is 6.92 Å². The van der Waals surface area contributed by atoms with Gasteiger partial charge in [0, 0.05) is 0 Å². The van der Waals surface area contributed by atoms with Crippen molar-refractivity contribution >= 4 is 34.5 Å². The van der Waals surface area contributed by atoms with Crippen molar-refractivity contribution in [3.05, 3.63) is 111 Å². The smallest absolute Gasteiger partial charge is 0.344 e. The van der Waals surface area contributed by atoms with Crippen LogP contribution in [0.4, 0.5) is 5.69 Å². The van der Waals surface area contributed by atoms with E-state index < -0.39 is 5.97 Å². The first-order chi connectivity index (χ1) is 17.5. The fourth-order valence-corrected chi connectivity index (χ4v) is 4.61. The Balaban J connectivity index is 1.54. The number of aliphatic hydroxyl groups excluding tert-OH is 1. The molecule has 184 valence electrons. The van der Waals surface area contributed by atoms with Gasteiger partial charge in [-0.05, 0) is 67.3 Å². The number of esters is 1. The summed E-state index contributed by atoms with van der Waals surface area (Å²) in [5, 5.41) is 11.3. The number of carbonyl (C=O) groups excluding carboxylic acids is 1. The van der Waals surface area contributed by atoms with Crippen molar-refractivity contribution in [2.24, 2.45) is 4.99 Å². The number of aliphatic hydroxyl groups is 1. The number of aliphatic imine (C=N–C) groups is 1. The third kappa shape index (κ3) is 6.26. The first-order valence-electron chi connectivity index (χ1n) is 11.9. The first kappa shape index (κ1) is 25.3. The molecule has 6 heteroatoms.